The summed E-state index contributed by atoms with van der Waals surface area (Å²) in [7, 11) is 0. The first-order valence-corrected chi connectivity index (χ1v) is 3.74. The molecule has 0 saturated heterocycles. The van der Waals surface area contributed by atoms with Crippen molar-refractivity contribution in [2.24, 2.45) is 0 Å². The molecule has 12 heavy (non-hydrogen) atoms. The standard InChI is InChI=1S/C9H12NO.BrH/c1-3-10-6-4-5-9(7-10)8(2)11;/h4-7H,3H2,1-2H3;1H/q+1;/p-1. The van der Waals surface area contributed by atoms with Crippen LogP contribution < -0.4 is 21.5 Å². The van der Waals surface area contributed by atoms with Crippen LogP contribution in [-0.2, 0) is 6.54 Å². The van der Waals surface area contributed by atoms with Crippen LogP contribution >= 0.6 is 0 Å². The lowest BCUT2D eigenvalue weighted by molar-refractivity contribution is -0.693. The minimum Gasteiger partial charge on any atom is -1.00 e. The Balaban J connectivity index is 0.00000121. The Morgan fingerprint density at radius 2 is 2.25 bits per heavy atom. The molecule has 3 heteroatoms. The number of Topliss-reactive ketones (excluding diaryl/α,β-unsaturated/α-hetero) is 1. The van der Waals surface area contributed by atoms with Gasteiger partial charge in [0.25, 0.3) is 0 Å². The first-order valence-electron chi connectivity index (χ1n) is 3.74. The van der Waals surface area contributed by atoms with Crippen molar-refractivity contribution >= 4 is 5.78 Å². The summed E-state index contributed by atoms with van der Waals surface area (Å²) in [6.45, 7) is 4.53. The zero-order valence-electron chi connectivity index (χ0n) is 7.25. The van der Waals surface area contributed by atoms with E-state index >= 15 is 0 Å². The molecule has 0 aliphatic rings. The highest BCUT2D eigenvalue weighted by atomic mass is 79.9. The highest BCUT2D eigenvalue weighted by Crippen LogP contribution is 1.94. The number of halogens is 1. The molecule has 1 rings (SSSR count). The zero-order chi connectivity index (χ0) is 8.27. The smallest absolute Gasteiger partial charge is 0.179 e. The molecule has 0 aromatic carbocycles. The lowest BCUT2D eigenvalue weighted by Gasteiger charge is -1.93. The topological polar surface area (TPSA) is 20.9 Å². The number of nitrogens with zero attached hydrogens (tertiary/aromatic N) is 1. The van der Waals surface area contributed by atoms with Crippen molar-refractivity contribution in [2.45, 2.75) is 20.4 Å². The van der Waals surface area contributed by atoms with Crippen molar-refractivity contribution in [3.8, 4) is 0 Å². The van der Waals surface area contributed by atoms with E-state index < -0.39 is 0 Å². The van der Waals surface area contributed by atoms with Gasteiger partial charge in [-0.1, -0.05) is 0 Å². The fourth-order valence-corrected chi connectivity index (χ4v) is 0.927. The molecule has 0 fully saturated rings. The lowest BCUT2D eigenvalue weighted by Crippen LogP contribution is -3.00. The number of pyridine rings is 1. The molecule has 2 nitrogen and oxygen atoms in total. The van der Waals surface area contributed by atoms with Gasteiger partial charge in [0.2, 0.25) is 0 Å². The quantitative estimate of drug-likeness (QED) is 0.434. The molecule has 0 bridgehead atoms. The summed E-state index contributed by atoms with van der Waals surface area (Å²) >= 11 is 0. The predicted molar refractivity (Wildman–Crippen MR) is 42.3 cm³/mol. The van der Waals surface area contributed by atoms with Crippen molar-refractivity contribution in [1.29, 1.82) is 0 Å². The minimum atomic E-state index is 0. The van der Waals surface area contributed by atoms with E-state index in [2.05, 4.69) is 0 Å². The maximum atomic E-state index is 10.9. The fraction of sp³-hybridized carbons (Fsp3) is 0.333. The molecule has 0 saturated carbocycles. The molecule has 66 valence electrons. The molecule has 0 atom stereocenters. The van der Waals surface area contributed by atoms with Gasteiger partial charge in [0.15, 0.2) is 18.2 Å². The molecule has 0 unspecified atom stereocenters. The van der Waals surface area contributed by atoms with E-state index in [9.17, 15) is 4.79 Å². The highest BCUT2D eigenvalue weighted by molar-refractivity contribution is 5.93. The molecular weight excluding hydrogens is 218 g/mol. The van der Waals surface area contributed by atoms with Crippen LogP contribution in [0.15, 0.2) is 24.5 Å². The van der Waals surface area contributed by atoms with E-state index in [4.69, 9.17) is 0 Å². The van der Waals surface area contributed by atoms with Crippen LogP contribution in [0.25, 0.3) is 0 Å². The Hall–Kier alpha value is -0.700. The maximum absolute atomic E-state index is 10.9. The normalized spacial score (nSPS) is 8.83. The Morgan fingerprint density at radius 3 is 2.75 bits per heavy atom. The molecule has 0 spiro atoms. The van der Waals surface area contributed by atoms with Crippen molar-refractivity contribution in [3.63, 3.8) is 0 Å². The van der Waals surface area contributed by atoms with Gasteiger partial charge in [-0.2, -0.15) is 0 Å². The SMILES string of the molecule is CC[n+]1cccc(C(C)=O)c1.[Br-]. The zero-order valence-corrected chi connectivity index (χ0v) is 8.84. The van der Waals surface area contributed by atoms with Crippen molar-refractivity contribution in [2.75, 3.05) is 0 Å². The Bertz CT molecular complexity index is 273. The van der Waals surface area contributed by atoms with Gasteiger partial charge in [-0.25, -0.2) is 4.57 Å². The van der Waals surface area contributed by atoms with Crippen LogP contribution in [0.3, 0.4) is 0 Å². The average molecular weight is 230 g/mol. The molecule has 1 heterocycles. The highest BCUT2D eigenvalue weighted by Gasteiger charge is 2.03. The van der Waals surface area contributed by atoms with E-state index in [0.717, 1.165) is 12.1 Å². The van der Waals surface area contributed by atoms with E-state index in [1.165, 1.54) is 0 Å². The molecule has 0 aliphatic carbocycles. The Kier molecular flexibility index (Phi) is 4.74. The number of carbonyl (C=O) groups is 1. The van der Waals surface area contributed by atoms with Crippen LogP contribution in [0.1, 0.15) is 24.2 Å². The first kappa shape index (κ1) is 11.3. The van der Waals surface area contributed by atoms with Gasteiger partial charge in [-0.05, 0) is 19.9 Å². The number of hydrogen-bond acceptors (Lipinski definition) is 1. The van der Waals surface area contributed by atoms with Gasteiger partial charge >= 0.3 is 0 Å². The summed E-state index contributed by atoms with van der Waals surface area (Å²) in [5.74, 6) is 0.118. The number of aryl methyl sites for hydroxylation is 1. The summed E-state index contributed by atoms with van der Waals surface area (Å²) < 4.78 is 1.98. The average Bonchev–Trinajstić information content (AvgIpc) is 2.05. The molecule has 0 radical (unpaired) electrons. The summed E-state index contributed by atoms with van der Waals surface area (Å²) in [5.41, 5.74) is 0.773. The number of rotatable bonds is 2. The van der Waals surface area contributed by atoms with Gasteiger partial charge in [0.1, 0.15) is 6.54 Å². The van der Waals surface area contributed by atoms with E-state index in [0.29, 0.717) is 0 Å². The fourth-order valence-electron chi connectivity index (χ4n) is 0.927. The second-order valence-electron chi connectivity index (χ2n) is 2.48. The van der Waals surface area contributed by atoms with Gasteiger partial charge in [-0.15, -0.1) is 0 Å². The van der Waals surface area contributed by atoms with Crippen LogP contribution in [0.2, 0.25) is 0 Å². The van der Waals surface area contributed by atoms with Crippen molar-refractivity contribution < 1.29 is 26.3 Å². The van der Waals surface area contributed by atoms with Gasteiger partial charge < -0.3 is 17.0 Å². The van der Waals surface area contributed by atoms with Crippen molar-refractivity contribution in [1.82, 2.24) is 0 Å². The summed E-state index contributed by atoms with van der Waals surface area (Å²) in [6, 6.07) is 3.72. The monoisotopic (exact) mass is 229 g/mol. The number of carbonyl (C=O) groups excluding carboxylic acids is 1. The summed E-state index contributed by atoms with van der Waals surface area (Å²) in [5, 5.41) is 0. The molecule has 1 aromatic heterocycles. The maximum Gasteiger partial charge on any atom is 0.179 e. The van der Waals surface area contributed by atoms with Crippen LogP contribution in [0.5, 0.6) is 0 Å². The van der Waals surface area contributed by atoms with Crippen LogP contribution in [0.4, 0.5) is 0 Å². The van der Waals surface area contributed by atoms with E-state index in [1.54, 1.807) is 6.92 Å². The van der Waals surface area contributed by atoms with Crippen LogP contribution in [-0.4, -0.2) is 5.78 Å². The molecule has 1 aromatic rings. The van der Waals surface area contributed by atoms with Gasteiger partial charge in [-0.3, -0.25) is 4.79 Å². The molecule has 0 N–H and O–H groups in total. The third-order valence-electron chi connectivity index (χ3n) is 1.63. The number of hydrogen-bond donors (Lipinski definition) is 0. The second kappa shape index (κ2) is 5.04. The number of aromatic nitrogens is 1. The Labute approximate surface area is 83.0 Å². The van der Waals surface area contributed by atoms with Gasteiger partial charge in [0.05, 0.1) is 5.56 Å². The molecule has 0 amide bonds. The first-order chi connectivity index (χ1) is 5.24. The molecular formula is C9H12BrNO. The van der Waals surface area contributed by atoms with Gasteiger partial charge in [0, 0.05) is 6.07 Å². The predicted octanol–water partition coefficient (Wildman–Crippen LogP) is -1.80. The van der Waals surface area contributed by atoms with E-state index in [-0.39, 0.29) is 22.8 Å². The molecule has 0 aliphatic heterocycles. The lowest BCUT2D eigenvalue weighted by atomic mass is 10.2. The third-order valence-corrected chi connectivity index (χ3v) is 1.63. The van der Waals surface area contributed by atoms with Crippen LogP contribution in [0, 0.1) is 0 Å². The van der Waals surface area contributed by atoms with Crippen molar-refractivity contribution in [3.05, 3.63) is 30.1 Å². The third kappa shape index (κ3) is 2.74. The summed E-state index contributed by atoms with van der Waals surface area (Å²) in [4.78, 5) is 10.9. The second-order valence-corrected chi connectivity index (χ2v) is 2.48. The minimum absolute atomic E-state index is 0. The Morgan fingerprint density at radius 1 is 1.58 bits per heavy atom. The summed E-state index contributed by atoms with van der Waals surface area (Å²) in [6.07, 6.45) is 3.81. The van der Waals surface area contributed by atoms with E-state index in [1.807, 2.05) is 36.0 Å². The number of ketones is 1. The largest absolute Gasteiger partial charge is 1.00 e.